The highest BCUT2D eigenvalue weighted by atomic mass is 79.9. The van der Waals surface area contributed by atoms with Crippen LogP contribution in [0.3, 0.4) is 0 Å². The lowest BCUT2D eigenvalue weighted by Crippen LogP contribution is -1.93. The summed E-state index contributed by atoms with van der Waals surface area (Å²) >= 11 is 5.35. The molecule has 0 radical (unpaired) electrons. The van der Waals surface area contributed by atoms with Crippen molar-refractivity contribution in [3.05, 3.63) is 34.9 Å². The minimum atomic E-state index is 0.782. The number of hydrogen-bond donors (Lipinski definition) is 1. The SMILES string of the molecule is Brc1cccc2c(NSC3CC3)nccc12. The zero-order chi connectivity index (χ0) is 11.0. The van der Waals surface area contributed by atoms with Gasteiger partial charge < -0.3 is 4.72 Å². The average molecular weight is 295 g/mol. The highest BCUT2D eigenvalue weighted by molar-refractivity contribution is 9.10. The molecule has 0 saturated heterocycles. The van der Waals surface area contributed by atoms with E-state index in [2.05, 4.69) is 37.8 Å². The van der Waals surface area contributed by atoms with Crippen LogP contribution in [-0.2, 0) is 0 Å². The van der Waals surface area contributed by atoms with E-state index in [0.29, 0.717) is 0 Å². The van der Waals surface area contributed by atoms with Gasteiger partial charge in [-0.3, -0.25) is 0 Å². The topological polar surface area (TPSA) is 24.9 Å². The van der Waals surface area contributed by atoms with E-state index >= 15 is 0 Å². The van der Waals surface area contributed by atoms with Crippen LogP contribution in [-0.4, -0.2) is 10.2 Å². The summed E-state index contributed by atoms with van der Waals surface area (Å²) in [6, 6.07) is 8.23. The first-order valence-electron chi connectivity index (χ1n) is 5.29. The van der Waals surface area contributed by atoms with Gasteiger partial charge in [0.05, 0.1) is 0 Å². The van der Waals surface area contributed by atoms with Crippen molar-refractivity contribution in [1.29, 1.82) is 0 Å². The summed E-state index contributed by atoms with van der Waals surface area (Å²) in [6.07, 6.45) is 4.50. The smallest absolute Gasteiger partial charge is 0.143 e. The highest BCUT2D eigenvalue weighted by Gasteiger charge is 2.22. The maximum Gasteiger partial charge on any atom is 0.143 e. The van der Waals surface area contributed by atoms with Crippen LogP contribution >= 0.6 is 27.9 Å². The van der Waals surface area contributed by atoms with E-state index in [1.54, 1.807) is 11.9 Å². The van der Waals surface area contributed by atoms with Crippen molar-refractivity contribution in [3.8, 4) is 0 Å². The van der Waals surface area contributed by atoms with Gasteiger partial charge in [-0.25, -0.2) is 4.98 Å². The summed E-state index contributed by atoms with van der Waals surface area (Å²) in [7, 11) is 0. The number of hydrogen-bond acceptors (Lipinski definition) is 3. The summed E-state index contributed by atoms with van der Waals surface area (Å²) in [5, 5.41) is 3.16. The van der Waals surface area contributed by atoms with Crippen LogP contribution < -0.4 is 4.72 Å². The van der Waals surface area contributed by atoms with E-state index in [0.717, 1.165) is 15.5 Å². The van der Waals surface area contributed by atoms with Crippen LogP contribution in [0.4, 0.5) is 5.82 Å². The maximum atomic E-state index is 4.39. The van der Waals surface area contributed by atoms with E-state index in [9.17, 15) is 0 Å². The second kappa shape index (κ2) is 4.26. The monoisotopic (exact) mass is 294 g/mol. The molecule has 2 aromatic rings. The van der Waals surface area contributed by atoms with Crippen molar-refractivity contribution in [2.45, 2.75) is 18.1 Å². The second-order valence-corrected chi connectivity index (χ2v) is 5.87. The predicted octanol–water partition coefficient (Wildman–Crippen LogP) is 4.22. The Hall–Kier alpha value is -0.740. The Kier molecular flexibility index (Phi) is 2.77. The molecule has 4 heteroatoms. The van der Waals surface area contributed by atoms with Crippen LogP contribution in [0.2, 0.25) is 0 Å². The van der Waals surface area contributed by atoms with Gasteiger partial charge in [0.25, 0.3) is 0 Å². The zero-order valence-corrected chi connectivity index (χ0v) is 11.0. The van der Waals surface area contributed by atoms with Crippen LogP contribution in [0.1, 0.15) is 12.8 Å². The minimum Gasteiger partial charge on any atom is -0.314 e. The normalized spacial score (nSPS) is 15.3. The Morgan fingerprint density at radius 2 is 2.12 bits per heavy atom. The molecule has 1 aliphatic carbocycles. The third kappa shape index (κ3) is 2.04. The van der Waals surface area contributed by atoms with Crippen LogP contribution in [0.25, 0.3) is 10.8 Å². The van der Waals surface area contributed by atoms with Crippen LogP contribution in [0.5, 0.6) is 0 Å². The molecule has 0 atom stereocenters. The molecule has 1 aromatic heterocycles. The van der Waals surface area contributed by atoms with Gasteiger partial charge in [-0.1, -0.05) is 28.1 Å². The molecule has 0 amide bonds. The molecule has 0 spiro atoms. The molecule has 0 bridgehead atoms. The molecule has 1 heterocycles. The molecule has 2 nitrogen and oxygen atoms in total. The fourth-order valence-corrected chi connectivity index (χ4v) is 2.89. The molecule has 0 aliphatic heterocycles. The Morgan fingerprint density at radius 3 is 2.94 bits per heavy atom. The number of aromatic nitrogens is 1. The Balaban J connectivity index is 1.99. The molecule has 82 valence electrons. The number of anilines is 1. The number of fused-ring (bicyclic) bond motifs is 1. The summed E-state index contributed by atoms with van der Waals surface area (Å²) in [5.74, 6) is 0.968. The summed E-state index contributed by atoms with van der Waals surface area (Å²) < 4.78 is 4.48. The molecule has 1 aliphatic rings. The molecular formula is C12H11BrN2S. The third-order valence-electron chi connectivity index (χ3n) is 2.60. The van der Waals surface area contributed by atoms with E-state index in [4.69, 9.17) is 0 Å². The zero-order valence-electron chi connectivity index (χ0n) is 8.61. The van der Waals surface area contributed by atoms with E-state index in [1.807, 2.05) is 18.3 Å². The second-order valence-electron chi connectivity index (χ2n) is 3.91. The molecule has 0 unspecified atom stereocenters. The number of benzene rings is 1. The molecule has 3 rings (SSSR count). The third-order valence-corrected chi connectivity index (χ3v) is 4.41. The number of nitrogens with zero attached hydrogens (tertiary/aromatic N) is 1. The van der Waals surface area contributed by atoms with Gasteiger partial charge >= 0.3 is 0 Å². The number of nitrogens with one attached hydrogen (secondary N) is 1. The summed E-state index contributed by atoms with van der Waals surface area (Å²) in [5.41, 5.74) is 0. The van der Waals surface area contributed by atoms with Gasteiger partial charge in [0, 0.05) is 26.7 Å². The van der Waals surface area contributed by atoms with E-state index in [-0.39, 0.29) is 0 Å². The van der Waals surface area contributed by atoms with Gasteiger partial charge in [0.15, 0.2) is 0 Å². The van der Waals surface area contributed by atoms with E-state index < -0.39 is 0 Å². The van der Waals surface area contributed by atoms with Gasteiger partial charge in [0.2, 0.25) is 0 Å². The maximum absolute atomic E-state index is 4.39. The van der Waals surface area contributed by atoms with Crippen molar-refractivity contribution in [3.63, 3.8) is 0 Å². The lowest BCUT2D eigenvalue weighted by molar-refractivity contribution is 1.36. The minimum absolute atomic E-state index is 0.782. The fourth-order valence-electron chi connectivity index (χ4n) is 1.58. The first-order valence-corrected chi connectivity index (χ1v) is 6.97. The van der Waals surface area contributed by atoms with Gasteiger partial charge in [-0.2, -0.15) is 0 Å². The quantitative estimate of drug-likeness (QED) is 0.858. The van der Waals surface area contributed by atoms with Crippen molar-refractivity contribution in [1.82, 2.24) is 4.98 Å². The molecular weight excluding hydrogens is 284 g/mol. The number of halogens is 1. The summed E-state index contributed by atoms with van der Waals surface area (Å²) in [4.78, 5) is 4.39. The Labute approximate surface area is 107 Å². The Bertz CT molecular complexity index is 525. The van der Waals surface area contributed by atoms with Crippen molar-refractivity contribution >= 4 is 44.5 Å². The van der Waals surface area contributed by atoms with Gasteiger partial charge in [0.1, 0.15) is 5.82 Å². The first-order chi connectivity index (χ1) is 7.84. The number of rotatable bonds is 3. The predicted molar refractivity (Wildman–Crippen MR) is 73.7 cm³/mol. The fraction of sp³-hybridized carbons (Fsp3) is 0.250. The Morgan fingerprint density at radius 1 is 1.25 bits per heavy atom. The van der Waals surface area contributed by atoms with Crippen LogP contribution in [0.15, 0.2) is 34.9 Å². The molecule has 1 fully saturated rings. The molecule has 1 aromatic carbocycles. The van der Waals surface area contributed by atoms with Gasteiger partial charge in [-0.15, -0.1) is 0 Å². The first kappa shape index (κ1) is 10.4. The standard InChI is InChI=1S/C12H11BrN2S/c13-11-3-1-2-10-9(11)6-7-14-12(10)15-16-8-4-5-8/h1-3,6-8H,4-5H2,(H,14,15). The van der Waals surface area contributed by atoms with Crippen LogP contribution in [0, 0.1) is 0 Å². The van der Waals surface area contributed by atoms with Crippen molar-refractivity contribution in [2.24, 2.45) is 0 Å². The lowest BCUT2D eigenvalue weighted by atomic mass is 10.2. The van der Waals surface area contributed by atoms with Gasteiger partial charge in [-0.05, 0) is 36.9 Å². The lowest BCUT2D eigenvalue weighted by Gasteiger charge is -2.07. The molecule has 16 heavy (non-hydrogen) atoms. The molecule has 1 N–H and O–H groups in total. The summed E-state index contributed by atoms with van der Waals surface area (Å²) in [6.45, 7) is 0. The molecule has 1 saturated carbocycles. The number of pyridine rings is 1. The van der Waals surface area contributed by atoms with Crippen molar-refractivity contribution < 1.29 is 0 Å². The highest BCUT2D eigenvalue weighted by Crippen LogP contribution is 2.36. The average Bonchev–Trinajstić information content (AvgIpc) is 3.11. The van der Waals surface area contributed by atoms with Crippen molar-refractivity contribution in [2.75, 3.05) is 4.72 Å². The van der Waals surface area contributed by atoms with E-state index in [1.165, 1.54) is 23.6 Å². The largest absolute Gasteiger partial charge is 0.314 e.